The van der Waals surface area contributed by atoms with Crippen LogP contribution in [0.3, 0.4) is 0 Å². The van der Waals surface area contributed by atoms with Crippen molar-refractivity contribution >= 4 is 23.0 Å². The molecule has 2 heterocycles. The number of ether oxygens (including phenoxy) is 2. The molecule has 36 heavy (non-hydrogen) atoms. The predicted molar refractivity (Wildman–Crippen MR) is 135 cm³/mol. The van der Waals surface area contributed by atoms with Crippen LogP contribution in [-0.2, 0) is 22.4 Å². The molecule has 0 radical (unpaired) electrons. The van der Waals surface area contributed by atoms with E-state index in [-0.39, 0.29) is 0 Å². The summed E-state index contributed by atoms with van der Waals surface area (Å²) in [6, 6.07) is 19.1. The molecule has 0 saturated carbocycles. The summed E-state index contributed by atoms with van der Waals surface area (Å²) >= 11 is 0. The van der Waals surface area contributed by atoms with Crippen molar-refractivity contribution in [1.29, 1.82) is 0 Å². The first-order valence-corrected chi connectivity index (χ1v) is 11.6. The molecule has 0 atom stereocenters. The van der Waals surface area contributed by atoms with Crippen molar-refractivity contribution in [3.8, 4) is 22.8 Å². The molecule has 1 amide bonds. The number of allylic oxidation sites excluding steroid dienone is 1. The van der Waals surface area contributed by atoms with Crippen molar-refractivity contribution in [3.63, 3.8) is 0 Å². The van der Waals surface area contributed by atoms with E-state index in [0.29, 0.717) is 47.4 Å². The molecule has 8 heteroatoms. The minimum Gasteiger partial charge on any atom is -0.497 e. The highest BCUT2D eigenvalue weighted by Crippen LogP contribution is 2.40. The minimum atomic E-state index is -1.10. The number of carboxylic acids is 1. The summed E-state index contributed by atoms with van der Waals surface area (Å²) in [5.74, 6) is -0.585. The summed E-state index contributed by atoms with van der Waals surface area (Å²) in [5.41, 5.74) is 11.7. The van der Waals surface area contributed by atoms with Crippen molar-refractivity contribution < 1.29 is 24.2 Å². The Kier molecular flexibility index (Phi) is 6.16. The second-order valence-electron chi connectivity index (χ2n) is 8.55. The number of carboxylic acid groups (broad SMARTS) is 1. The van der Waals surface area contributed by atoms with E-state index in [0.717, 1.165) is 28.1 Å². The van der Waals surface area contributed by atoms with Gasteiger partial charge in [-0.1, -0.05) is 48.5 Å². The van der Waals surface area contributed by atoms with Gasteiger partial charge in [0.15, 0.2) is 6.61 Å². The van der Waals surface area contributed by atoms with Gasteiger partial charge in [0.05, 0.1) is 18.5 Å². The molecule has 182 valence electrons. The van der Waals surface area contributed by atoms with E-state index in [1.807, 2.05) is 60.7 Å². The molecule has 1 aliphatic carbocycles. The van der Waals surface area contributed by atoms with Crippen LogP contribution in [0.1, 0.15) is 28.8 Å². The highest BCUT2D eigenvalue weighted by molar-refractivity contribution is 6.22. The molecule has 8 nitrogen and oxygen atoms in total. The van der Waals surface area contributed by atoms with Crippen LogP contribution in [0, 0.1) is 0 Å². The third-order valence-corrected chi connectivity index (χ3v) is 6.27. The maximum absolute atomic E-state index is 12.5. The fourth-order valence-corrected chi connectivity index (χ4v) is 4.73. The number of aromatic nitrogens is 2. The highest BCUT2D eigenvalue weighted by atomic mass is 16.5. The van der Waals surface area contributed by atoms with Gasteiger partial charge < -0.3 is 20.3 Å². The Morgan fingerprint density at radius 1 is 1.11 bits per heavy atom. The van der Waals surface area contributed by atoms with Crippen LogP contribution in [0.2, 0.25) is 0 Å². The van der Waals surface area contributed by atoms with Gasteiger partial charge in [-0.25, -0.2) is 9.31 Å². The number of carbonyl (C=O) groups excluding carboxylic acids is 1. The number of nitrogens with zero attached hydrogens (tertiary/aromatic N) is 2. The summed E-state index contributed by atoms with van der Waals surface area (Å²) in [5, 5.41) is 14.3. The quantitative estimate of drug-likeness (QED) is 0.393. The topological polar surface area (TPSA) is 116 Å². The molecule has 0 aliphatic heterocycles. The van der Waals surface area contributed by atoms with Crippen molar-refractivity contribution in [2.45, 2.75) is 19.3 Å². The Balaban J connectivity index is 1.80. The monoisotopic (exact) mass is 483 g/mol. The number of nitrogens with two attached hydrogens (primary N) is 1. The van der Waals surface area contributed by atoms with E-state index in [4.69, 9.17) is 20.3 Å². The number of methoxy groups -OCH3 is 1. The minimum absolute atomic E-state index is 0.327. The SMILES string of the molecule is COc1cccc(Cc2c3c(c4c(OCC(=O)O)cc(-c5ccccc5)nn24)C(C(N)=O)=CCC3)c1. The van der Waals surface area contributed by atoms with E-state index in [1.54, 1.807) is 17.7 Å². The van der Waals surface area contributed by atoms with E-state index >= 15 is 0 Å². The Morgan fingerprint density at radius 2 is 1.92 bits per heavy atom. The molecule has 2 aromatic heterocycles. The van der Waals surface area contributed by atoms with Gasteiger partial charge >= 0.3 is 5.97 Å². The van der Waals surface area contributed by atoms with Gasteiger partial charge in [-0.2, -0.15) is 5.10 Å². The lowest BCUT2D eigenvalue weighted by Gasteiger charge is -2.14. The second-order valence-corrected chi connectivity index (χ2v) is 8.55. The first-order valence-electron chi connectivity index (χ1n) is 11.6. The fourth-order valence-electron chi connectivity index (χ4n) is 4.73. The van der Waals surface area contributed by atoms with Crippen LogP contribution >= 0.6 is 0 Å². The third-order valence-electron chi connectivity index (χ3n) is 6.27. The van der Waals surface area contributed by atoms with E-state index < -0.39 is 18.5 Å². The summed E-state index contributed by atoms with van der Waals surface area (Å²) in [7, 11) is 1.62. The Bertz CT molecular complexity index is 1500. The zero-order chi connectivity index (χ0) is 25.2. The van der Waals surface area contributed by atoms with E-state index in [9.17, 15) is 14.7 Å². The van der Waals surface area contributed by atoms with Crippen LogP contribution in [0.25, 0.3) is 22.3 Å². The molecule has 0 fully saturated rings. The van der Waals surface area contributed by atoms with E-state index in [1.165, 1.54) is 0 Å². The number of rotatable bonds is 8. The van der Waals surface area contributed by atoms with Gasteiger partial charge in [-0.15, -0.1) is 0 Å². The third kappa shape index (κ3) is 4.29. The normalized spacial score (nSPS) is 12.6. The summed E-state index contributed by atoms with van der Waals surface area (Å²) in [6.07, 6.45) is 3.69. The van der Waals surface area contributed by atoms with Crippen LogP contribution in [0.4, 0.5) is 0 Å². The maximum atomic E-state index is 12.5. The molecule has 0 unspecified atom stereocenters. The zero-order valence-corrected chi connectivity index (χ0v) is 19.7. The number of amides is 1. The molecule has 4 aromatic rings. The lowest BCUT2D eigenvalue weighted by atomic mass is 9.90. The number of aliphatic carboxylic acids is 1. The molecular weight excluding hydrogens is 458 g/mol. The van der Waals surface area contributed by atoms with Crippen LogP contribution in [0.5, 0.6) is 11.5 Å². The van der Waals surface area contributed by atoms with Crippen molar-refractivity contribution in [2.75, 3.05) is 13.7 Å². The number of fused-ring (bicyclic) bond motifs is 3. The van der Waals surface area contributed by atoms with Gasteiger partial charge in [0.25, 0.3) is 0 Å². The standard InChI is InChI=1S/C28H25N3O5/c1-35-19-10-5-7-17(13-19)14-23-20-11-6-12-21(28(29)34)26(20)27-24(36-16-25(32)33)15-22(30-31(23)27)18-8-3-2-4-9-18/h2-5,7-10,12-13,15H,6,11,14,16H2,1H3,(H2,29,34)(H,32,33). The lowest BCUT2D eigenvalue weighted by Crippen LogP contribution is -2.16. The average molecular weight is 484 g/mol. The summed E-state index contributed by atoms with van der Waals surface area (Å²) < 4.78 is 13.0. The van der Waals surface area contributed by atoms with Crippen LogP contribution in [0.15, 0.2) is 66.7 Å². The highest BCUT2D eigenvalue weighted by Gasteiger charge is 2.29. The number of hydrogen-bond donors (Lipinski definition) is 2. The summed E-state index contributed by atoms with van der Waals surface area (Å²) in [6.45, 7) is -0.533. The Labute approximate surface area is 207 Å². The van der Waals surface area contributed by atoms with Gasteiger partial charge in [-0.05, 0) is 36.1 Å². The first-order chi connectivity index (χ1) is 17.5. The summed E-state index contributed by atoms with van der Waals surface area (Å²) in [4.78, 5) is 23.8. The van der Waals surface area contributed by atoms with Crippen molar-refractivity contribution in [2.24, 2.45) is 5.73 Å². The lowest BCUT2D eigenvalue weighted by molar-refractivity contribution is -0.139. The van der Waals surface area contributed by atoms with E-state index in [2.05, 4.69) is 0 Å². The molecule has 5 rings (SSSR count). The van der Waals surface area contributed by atoms with Crippen molar-refractivity contribution in [3.05, 3.63) is 89.1 Å². The molecular formula is C28H25N3O5. The molecule has 0 bridgehead atoms. The van der Waals surface area contributed by atoms with Crippen molar-refractivity contribution in [1.82, 2.24) is 9.61 Å². The maximum Gasteiger partial charge on any atom is 0.341 e. The average Bonchev–Trinajstić information content (AvgIpc) is 3.21. The number of hydrogen-bond acceptors (Lipinski definition) is 5. The van der Waals surface area contributed by atoms with Gasteiger partial charge in [0.2, 0.25) is 5.91 Å². The zero-order valence-electron chi connectivity index (χ0n) is 19.7. The molecule has 2 aromatic carbocycles. The molecule has 0 saturated heterocycles. The number of primary amides is 1. The predicted octanol–water partition coefficient (Wildman–Crippen LogP) is 3.88. The largest absolute Gasteiger partial charge is 0.497 e. The Hall–Kier alpha value is -4.59. The van der Waals surface area contributed by atoms with Gasteiger partial charge in [-0.3, -0.25) is 4.79 Å². The van der Waals surface area contributed by atoms with Gasteiger partial charge in [0, 0.05) is 29.2 Å². The molecule has 0 spiro atoms. The van der Waals surface area contributed by atoms with Gasteiger partial charge in [0.1, 0.15) is 17.0 Å². The fraction of sp³-hybridized carbons (Fsp3) is 0.179. The first kappa shape index (κ1) is 23.2. The van der Waals surface area contributed by atoms with Crippen LogP contribution in [-0.4, -0.2) is 40.3 Å². The second kappa shape index (κ2) is 9.58. The Morgan fingerprint density at radius 3 is 2.64 bits per heavy atom. The van der Waals surface area contributed by atoms with Crippen LogP contribution < -0.4 is 15.2 Å². The molecule has 1 aliphatic rings. The smallest absolute Gasteiger partial charge is 0.341 e. The number of carbonyl (C=O) groups is 2. The molecule has 3 N–H and O–H groups in total. The number of benzene rings is 2.